The van der Waals surface area contributed by atoms with Crippen LogP contribution >= 0.6 is 11.8 Å². The van der Waals surface area contributed by atoms with Crippen LogP contribution in [0.5, 0.6) is 0 Å². The van der Waals surface area contributed by atoms with Crippen LogP contribution in [-0.4, -0.2) is 71.8 Å². The summed E-state index contributed by atoms with van der Waals surface area (Å²) in [5.74, 6) is -3.79. The molecule has 0 unspecified atom stereocenters. The van der Waals surface area contributed by atoms with Gasteiger partial charge in [-0.15, -0.1) is 0 Å². The highest BCUT2D eigenvalue weighted by atomic mass is 32.2. The van der Waals surface area contributed by atoms with Crippen molar-refractivity contribution in [2.24, 2.45) is 0 Å². The monoisotopic (exact) mass is 362 g/mol. The van der Waals surface area contributed by atoms with Crippen molar-refractivity contribution in [1.29, 1.82) is 0 Å². The van der Waals surface area contributed by atoms with Crippen LogP contribution in [0.3, 0.4) is 0 Å². The molecule has 134 valence electrons. The van der Waals surface area contributed by atoms with Crippen LogP contribution in [0.15, 0.2) is 0 Å². The number of rotatable bonds is 10. The zero-order valence-electron chi connectivity index (χ0n) is 12.8. The number of amides is 4. The number of aliphatic carboxylic acids is 1. The third kappa shape index (κ3) is 13.1. The summed E-state index contributed by atoms with van der Waals surface area (Å²) in [4.78, 5) is 66.0. The predicted molar refractivity (Wildman–Crippen MR) is 82.8 cm³/mol. The fourth-order valence-corrected chi connectivity index (χ4v) is 1.55. The van der Waals surface area contributed by atoms with Gasteiger partial charge in [-0.1, -0.05) is 11.8 Å². The van der Waals surface area contributed by atoms with E-state index in [9.17, 15) is 28.8 Å². The van der Waals surface area contributed by atoms with Crippen molar-refractivity contribution in [3.05, 3.63) is 0 Å². The Morgan fingerprint density at radius 3 is 1.46 bits per heavy atom. The Morgan fingerprint density at radius 1 is 0.708 bits per heavy atom. The van der Waals surface area contributed by atoms with Gasteiger partial charge in [0, 0.05) is 6.92 Å². The van der Waals surface area contributed by atoms with E-state index in [4.69, 9.17) is 5.11 Å². The molecule has 0 fully saturated rings. The SMILES string of the molecule is CC(=O)SCC(=O)NCC(=O)NCC(=O)NCC(=O)NCC(=O)O. The van der Waals surface area contributed by atoms with Crippen LogP contribution in [0.4, 0.5) is 0 Å². The standard InChI is InChI=1S/C12H18N4O7S/c1-7(17)24-6-11(21)15-4-9(19)13-2-8(18)14-3-10(20)16-5-12(22)23/h2-6H2,1H3,(H,13,19)(H,14,18)(H,15,21)(H,16,20)(H,22,23). The van der Waals surface area contributed by atoms with E-state index in [1.165, 1.54) is 6.92 Å². The molecule has 0 rings (SSSR count). The Balaban J connectivity index is 3.80. The van der Waals surface area contributed by atoms with Crippen LogP contribution in [-0.2, 0) is 28.8 Å². The lowest BCUT2D eigenvalue weighted by Crippen LogP contribution is -2.45. The molecular weight excluding hydrogens is 344 g/mol. The zero-order chi connectivity index (χ0) is 18.5. The number of carboxylic acids is 1. The van der Waals surface area contributed by atoms with Gasteiger partial charge >= 0.3 is 5.97 Å². The highest BCUT2D eigenvalue weighted by Gasteiger charge is 2.10. The van der Waals surface area contributed by atoms with Gasteiger partial charge in [0.2, 0.25) is 23.6 Å². The molecule has 0 aliphatic rings. The van der Waals surface area contributed by atoms with Gasteiger partial charge in [0.25, 0.3) is 0 Å². The molecule has 0 bridgehead atoms. The lowest BCUT2D eigenvalue weighted by molar-refractivity contribution is -0.137. The second-order valence-electron chi connectivity index (χ2n) is 4.28. The molecule has 4 amide bonds. The van der Waals surface area contributed by atoms with Crippen LogP contribution in [0.2, 0.25) is 0 Å². The Kier molecular flexibility index (Phi) is 10.6. The number of carbonyl (C=O) groups is 6. The average Bonchev–Trinajstić information content (AvgIpc) is 2.52. The molecule has 0 atom stereocenters. The maximum atomic E-state index is 11.4. The Labute approximate surface area is 141 Å². The van der Waals surface area contributed by atoms with E-state index in [1.807, 2.05) is 5.32 Å². The summed E-state index contributed by atoms with van der Waals surface area (Å²) >= 11 is 0.803. The van der Waals surface area contributed by atoms with Crippen molar-refractivity contribution in [3.8, 4) is 0 Å². The lowest BCUT2D eigenvalue weighted by Gasteiger charge is -2.07. The summed E-state index contributed by atoms with van der Waals surface area (Å²) in [6.45, 7) is -0.452. The third-order valence-corrected chi connectivity index (χ3v) is 2.99. The number of hydrogen-bond acceptors (Lipinski definition) is 7. The van der Waals surface area contributed by atoms with E-state index in [0.717, 1.165) is 11.8 Å². The molecule has 0 aromatic heterocycles. The van der Waals surface area contributed by atoms with Crippen molar-refractivity contribution in [1.82, 2.24) is 21.3 Å². The molecule has 5 N–H and O–H groups in total. The predicted octanol–water partition coefficient (Wildman–Crippen LogP) is -3.18. The summed E-state index contributed by atoms with van der Waals surface area (Å²) in [6.07, 6.45) is 0. The summed E-state index contributed by atoms with van der Waals surface area (Å²) in [6, 6.07) is 0. The minimum Gasteiger partial charge on any atom is -0.480 e. The average molecular weight is 362 g/mol. The molecule has 0 spiro atoms. The molecule has 0 aliphatic heterocycles. The molecule has 11 nitrogen and oxygen atoms in total. The van der Waals surface area contributed by atoms with Crippen LogP contribution in [0, 0.1) is 0 Å². The van der Waals surface area contributed by atoms with E-state index < -0.39 is 49.2 Å². The third-order valence-electron chi connectivity index (χ3n) is 2.18. The maximum absolute atomic E-state index is 11.4. The quantitative estimate of drug-likeness (QED) is 0.271. The molecule has 0 aromatic carbocycles. The first-order valence-electron chi connectivity index (χ1n) is 6.62. The molecule has 0 saturated carbocycles. The number of hydrogen-bond donors (Lipinski definition) is 5. The lowest BCUT2D eigenvalue weighted by atomic mass is 10.4. The van der Waals surface area contributed by atoms with Crippen LogP contribution in [0.25, 0.3) is 0 Å². The van der Waals surface area contributed by atoms with Crippen molar-refractivity contribution in [2.75, 3.05) is 31.9 Å². The number of thioether (sulfide) groups is 1. The summed E-state index contributed by atoms with van der Waals surface area (Å²) in [5, 5.41) is 16.8. The van der Waals surface area contributed by atoms with E-state index in [1.54, 1.807) is 0 Å². The fourth-order valence-electron chi connectivity index (χ4n) is 1.12. The Bertz CT molecular complexity index is 478. The first-order chi connectivity index (χ1) is 11.2. The normalized spacial score (nSPS) is 9.54. The van der Waals surface area contributed by atoms with Gasteiger partial charge in [-0.25, -0.2) is 0 Å². The first kappa shape index (κ1) is 21.4. The second-order valence-corrected chi connectivity index (χ2v) is 5.43. The van der Waals surface area contributed by atoms with Crippen molar-refractivity contribution in [3.63, 3.8) is 0 Å². The summed E-state index contributed by atoms with van der Waals surface area (Å²) in [5.41, 5.74) is 0. The van der Waals surface area contributed by atoms with Gasteiger partial charge in [-0.2, -0.15) is 0 Å². The molecule has 0 saturated heterocycles. The topological polar surface area (TPSA) is 171 Å². The van der Waals surface area contributed by atoms with Crippen molar-refractivity contribution < 1.29 is 33.9 Å². The fraction of sp³-hybridized carbons (Fsp3) is 0.500. The van der Waals surface area contributed by atoms with Gasteiger partial charge < -0.3 is 26.4 Å². The van der Waals surface area contributed by atoms with Gasteiger partial charge in [0.15, 0.2) is 5.12 Å². The molecule has 24 heavy (non-hydrogen) atoms. The molecular formula is C12H18N4O7S. The van der Waals surface area contributed by atoms with Gasteiger partial charge in [-0.3, -0.25) is 28.8 Å². The molecule has 12 heteroatoms. The molecule has 0 radical (unpaired) electrons. The number of carboxylic acid groups (broad SMARTS) is 1. The van der Waals surface area contributed by atoms with E-state index in [-0.39, 0.29) is 17.4 Å². The van der Waals surface area contributed by atoms with Crippen LogP contribution < -0.4 is 21.3 Å². The summed E-state index contributed by atoms with van der Waals surface area (Å²) in [7, 11) is 0. The molecule has 0 heterocycles. The number of carbonyl (C=O) groups excluding carboxylic acids is 5. The van der Waals surface area contributed by atoms with E-state index in [0.29, 0.717) is 0 Å². The second kappa shape index (κ2) is 11.9. The Morgan fingerprint density at radius 2 is 1.08 bits per heavy atom. The van der Waals surface area contributed by atoms with Crippen molar-refractivity contribution in [2.45, 2.75) is 6.92 Å². The Hall–Kier alpha value is -2.63. The minimum absolute atomic E-state index is 0.103. The number of nitrogens with one attached hydrogen (secondary N) is 4. The molecule has 0 aliphatic carbocycles. The summed E-state index contributed by atoms with van der Waals surface area (Å²) < 4.78 is 0. The zero-order valence-corrected chi connectivity index (χ0v) is 13.7. The van der Waals surface area contributed by atoms with E-state index >= 15 is 0 Å². The largest absolute Gasteiger partial charge is 0.480 e. The van der Waals surface area contributed by atoms with Crippen LogP contribution in [0.1, 0.15) is 6.92 Å². The first-order valence-corrected chi connectivity index (χ1v) is 7.61. The highest BCUT2D eigenvalue weighted by Crippen LogP contribution is 1.98. The maximum Gasteiger partial charge on any atom is 0.322 e. The van der Waals surface area contributed by atoms with Crippen molar-refractivity contribution >= 4 is 46.5 Å². The minimum atomic E-state index is -1.22. The molecule has 0 aromatic rings. The smallest absolute Gasteiger partial charge is 0.322 e. The van der Waals surface area contributed by atoms with E-state index in [2.05, 4.69) is 16.0 Å². The highest BCUT2D eigenvalue weighted by molar-refractivity contribution is 8.14. The van der Waals surface area contributed by atoms with Gasteiger partial charge in [0.05, 0.1) is 25.4 Å². The van der Waals surface area contributed by atoms with Gasteiger partial charge in [-0.05, 0) is 0 Å². The van der Waals surface area contributed by atoms with Gasteiger partial charge in [0.1, 0.15) is 6.54 Å².